The van der Waals surface area contributed by atoms with E-state index in [4.69, 9.17) is 0 Å². The lowest BCUT2D eigenvalue weighted by molar-refractivity contribution is 0.584. The second-order valence-electron chi connectivity index (χ2n) is 5.17. The number of benzene rings is 2. The number of nitrogens with one attached hydrogen (secondary N) is 1. The molecule has 1 atom stereocenters. The van der Waals surface area contributed by atoms with Gasteiger partial charge < -0.3 is 5.32 Å². The van der Waals surface area contributed by atoms with Gasteiger partial charge in [0.1, 0.15) is 5.82 Å². The van der Waals surface area contributed by atoms with Crippen LogP contribution < -0.4 is 5.32 Å². The monoisotopic (exact) mass is 271 g/mol. The first-order valence-corrected chi connectivity index (χ1v) is 7.23. The summed E-state index contributed by atoms with van der Waals surface area (Å²) in [5.74, 6) is -0.171. The molecule has 2 aromatic carbocycles. The largest absolute Gasteiger partial charge is 0.313 e. The predicted molar refractivity (Wildman–Crippen MR) is 82.3 cm³/mol. The van der Waals surface area contributed by atoms with E-state index in [2.05, 4.69) is 36.5 Å². The number of rotatable bonds is 6. The van der Waals surface area contributed by atoms with Gasteiger partial charge in [0.15, 0.2) is 0 Å². The van der Waals surface area contributed by atoms with E-state index in [-0.39, 0.29) is 11.9 Å². The Morgan fingerprint density at radius 2 is 1.80 bits per heavy atom. The summed E-state index contributed by atoms with van der Waals surface area (Å²) in [6.45, 7) is 2.19. The van der Waals surface area contributed by atoms with Crippen LogP contribution in [0.15, 0.2) is 48.5 Å². The van der Waals surface area contributed by atoms with E-state index in [1.807, 2.05) is 13.1 Å². The third-order valence-corrected chi connectivity index (χ3v) is 3.60. The van der Waals surface area contributed by atoms with Crippen molar-refractivity contribution >= 4 is 0 Å². The van der Waals surface area contributed by atoms with Crippen molar-refractivity contribution in [3.05, 3.63) is 71.0 Å². The quantitative estimate of drug-likeness (QED) is 0.827. The highest BCUT2D eigenvalue weighted by Gasteiger charge is 2.10. The number of hydrogen-bond acceptors (Lipinski definition) is 1. The molecule has 0 aliphatic rings. The van der Waals surface area contributed by atoms with Crippen LogP contribution in [0.4, 0.5) is 4.39 Å². The SMILES string of the molecule is CCCc1ccc(C(Cc2cccc(F)c2)NC)cc1. The maximum absolute atomic E-state index is 13.2. The van der Waals surface area contributed by atoms with Gasteiger partial charge in [0.25, 0.3) is 0 Å². The van der Waals surface area contributed by atoms with Gasteiger partial charge in [-0.2, -0.15) is 0 Å². The summed E-state index contributed by atoms with van der Waals surface area (Å²) in [7, 11) is 1.95. The highest BCUT2D eigenvalue weighted by molar-refractivity contribution is 5.27. The van der Waals surface area contributed by atoms with E-state index in [0.29, 0.717) is 0 Å². The molecule has 0 aliphatic carbocycles. The van der Waals surface area contributed by atoms with Gasteiger partial charge in [0, 0.05) is 6.04 Å². The van der Waals surface area contributed by atoms with E-state index < -0.39 is 0 Å². The second-order valence-corrected chi connectivity index (χ2v) is 5.17. The first-order valence-electron chi connectivity index (χ1n) is 7.23. The minimum absolute atomic E-state index is 0.171. The summed E-state index contributed by atoms with van der Waals surface area (Å²) in [6.07, 6.45) is 3.08. The molecule has 0 bridgehead atoms. The highest BCUT2D eigenvalue weighted by Crippen LogP contribution is 2.19. The molecule has 0 radical (unpaired) electrons. The van der Waals surface area contributed by atoms with E-state index in [9.17, 15) is 4.39 Å². The zero-order chi connectivity index (χ0) is 14.4. The maximum atomic E-state index is 13.2. The second kappa shape index (κ2) is 7.20. The molecule has 2 heteroatoms. The van der Waals surface area contributed by atoms with Crippen LogP contribution in [-0.2, 0) is 12.8 Å². The summed E-state index contributed by atoms with van der Waals surface area (Å²) >= 11 is 0. The third-order valence-electron chi connectivity index (χ3n) is 3.60. The van der Waals surface area contributed by atoms with Gasteiger partial charge in [-0.3, -0.25) is 0 Å². The van der Waals surface area contributed by atoms with E-state index in [0.717, 1.165) is 24.8 Å². The molecule has 1 nitrogen and oxygen atoms in total. The van der Waals surface area contributed by atoms with Crippen LogP contribution in [0.3, 0.4) is 0 Å². The maximum Gasteiger partial charge on any atom is 0.123 e. The minimum atomic E-state index is -0.171. The molecule has 1 N–H and O–H groups in total. The zero-order valence-corrected chi connectivity index (χ0v) is 12.2. The van der Waals surface area contributed by atoms with Crippen LogP contribution >= 0.6 is 0 Å². The van der Waals surface area contributed by atoms with Gasteiger partial charge in [-0.25, -0.2) is 4.39 Å². The van der Waals surface area contributed by atoms with Gasteiger partial charge in [0.05, 0.1) is 0 Å². The Labute approximate surface area is 120 Å². The number of aryl methyl sites for hydroxylation is 1. The molecular formula is C18H22FN. The lowest BCUT2D eigenvalue weighted by atomic mass is 9.97. The van der Waals surface area contributed by atoms with Crippen LogP contribution in [-0.4, -0.2) is 7.05 Å². The van der Waals surface area contributed by atoms with Gasteiger partial charge in [-0.15, -0.1) is 0 Å². The Bertz CT molecular complexity index is 533. The number of likely N-dealkylation sites (N-methyl/N-ethyl adjacent to an activating group) is 1. The molecule has 0 aromatic heterocycles. The number of hydrogen-bond donors (Lipinski definition) is 1. The van der Waals surface area contributed by atoms with E-state index in [1.54, 1.807) is 12.1 Å². The van der Waals surface area contributed by atoms with Crippen molar-refractivity contribution in [2.24, 2.45) is 0 Å². The highest BCUT2D eigenvalue weighted by atomic mass is 19.1. The fourth-order valence-electron chi connectivity index (χ4n) is 2.49. The Balaban J connectivity index is 2.11. The van der Waals surface area contributed by atoms with Crippen molar-refractivity contribution < 1.29 is 4.39 Å². The summed E-state index contributed by atoms with van der Waals surface area (Å²) in [5.41, 5.74) is 3.63. The van der Waals surface area contributed by atoms with Crippen LogP contribution in [0.25, 0.3) is 0 Å². The fourth-order valence-corrected chi connectivity index (χ4v) is 2.49. The lowest BCUT2D eigenvalue weighted by Gasteiger charge is -2.17. The van der Waals surface area contributed by atoms with Crippen molar-refractivity contribution in [2.75, 3.05) is 7.05 Å². The molecule has 0 amide bonds. The van der Waals surface area contributed by atoms with Gasteiger partial charge in [-0.05, 0) is 48.7 Å². The Morgan fingerprint density at radius 1 is 1.05 bits per heavy atom. The predicted octanol–water partition coefficient (Wildman–Crippen LogP) is 4.28. The zero-order valence-electron chi connectivity index (χ0n) is 12.2. The molecule has 1 unspecified atom stereocenters. The molecule has 20 heavy (non-hydrogen) atoms. The average Bonchev–Trinajstić information content (AvgIpc) is 2.46. The number of halogens is 1. The molecule has 0 saturated heterocycles. The molecule has 2 aromatic rings. The minimum Gasteiger partial charge on any atom is -0.313 e. The molecular weight excluding hydrogens is 249 g/mol. The van der Waals surface area contributed by atoms with Crippen molar-refractivity contribution in [3.63, 3.8) is 0 Å². The third kappa shape index (κ3) is 3.91. The fraction of sp³-hybridized carbons (Fsp3) is 0.333. The van der Waals surface area contributed by atoms with E-state index >= 15 is 0 Å². The summed E-state index contributed by atoms with van der Waals surface area (Å²) < 4.78 is 13.2. The van der Waals surface area contributed by atoms with Gasteiger partial charge >= 0.3 is 0 Å². The molecule has 0 spiro atoms. The summed E-state index contributed by atoms with van der Waals surface area (Å²) in [4.78, 5) is 0. The van der Waals surface area contributed by atoms with Crippen LogP contribution in [0.2, 0.25) is 0 Å². The standard InChI is InChI=1S/C18H22FN/c1-3-5-14-8-10-16(11-9-14)18(20-2)13-15-6-4-7-17(19)12-15/h4,6-12,18,20H,3,5,13H2,1-2H3. The van der Waals surface area contributed by atoms with Crippen molar-refractivity contribution in [1.29, 1.82) is 0 Å². The van der Waals surface area contributed by atoms with Gasteiger partial charge in [0.2, 0.25) is 0 Å². The Morgan fingerprint density at radius 3 is 2.40 bits per heavy atom. The van der Waals surface area contributed by atoms with Crippen LogP contribution in [0, 0.1) is 5.82 Å². The molecule has 0 heterocycles. The lowest BCUT2D eigenvalue weighted by Crippen LogP contribution is -2.18. The molecule has 106 valence electrons. The first-order chi connectivity index (χ1) is 9.72. The average molecular weight is 271 g/mol. The van der Waals surface area contributed by atoms with Crippen molar-refractivity contribution in [2.45, 2.75) is 32.2 Å². The molecule has 2 rings (SSSR count). The normalized spacial score (nSPS) is 12.3. The Hall–Kier alpha value is -1.67. The van der Waals surface area contributed by atoms with Crippen molar-refractivity contribution in [3.8, 4) is 0 Å². The molecule has 0 saturated carbocycles. The summed E-state index contributed by atoms with van der Waals surface area (Å²) in [6, 6.07) is 15.8. The molecule has 0 aliphatic heterocycles. The van der Waals surface area contributed by atoms with Crippen LogP contribution in [0.5, 0.6) is 0 Å². The Kier molecular flexibility index (Phi) is 5.31. The van der Waals surface area contributed by atoms with Crippen molar-refractivity contribution in [1.82, 2.24) is 5.32 Å². The summed E-state index contributed by atoms with van der Waals surface area (Å²) in [5, 5.41) is 3.32. The van der Waals surface area contributed by atoms with Gasteiger partial charge in [-0.1, -0.05) is 49.7 Å². The topological polar surface area (TPSA) is 12.0 Å². The van der Waals surface area contributed by atoms with E-state index in [1.165, 1.54) is 17.2 Å². The first kappa shape index (κ1) is 14.7. The molecule has 0 fully saturated rings. The smallest absolute Gasteiger partial charge is 0.123 e. The van der Waals surface area contributed by atoms with Crippen LogP contribution in [0.1, 0.15) is 36.1 Å².